The van der Waals surface area contributed by atoms with Crippen LogP contribution in [0.3, 0.4) is 0 Å². The van der Waals surface area contributed by atoms with Gasteiger partial charge in [-0.3, -0.25) is 9.69 Å². The molecule has 3 rings (SSSR count). The second kappa shape index (κ2) is 8.09. The molecule has 0 aromatic heterocycles. The Morgan fingerprint density at radius 1 is 1.04 bits per heavy atom. The molecule has 2 aromatic rings. The Kier molecular flexibility index (Phi) is 5.80. The monoisotopic (exact) mass is 369 g/mol. The number of hydrogen-bond acceptors (Lipinski definition) is 3. The second-order valence-electron chi connectivity index (χ2n) is 7.37. The van der Waals surface area contributed by atoms with E-state index in [9.17, 15) is 9.18 Å². The van der Waals surface area contributed by atoms with Crippen molar-refractivity contribution in [3.05, 3.63) is 58.9 Å². The first kappa shape index (κ1) is 19.4. The van der Waals surface area contributed by atoms with Gasteiger partial charge in [0.15, 0.2) is 0 Å². The van der Waals surface area contributed by atoms with Gasteiger partial charge in [0.05, 0.1) is 6.04 Å². The minimum absolute atomic E-state index is 0.0987. The molecule has 27 heavy (non-hydrogen) atoms. The summed E-state index contributed by atoms with van der Waals surface area (Å²) in [5, 5.41) is 2.83. The van der Waals surface area contributed by atoms with Gasteiger partial charge in [-0.15, -0.1) is 0 Å². The summed E-state index contributed by atoms with van der Waals surface area (Å²) in [5.74, 6) is -0.402. The predicted molar refractivity (Wildman–Crippen MR) is 109 cm³/mol. The van der Waals surface area contributed by atoms with E-state index < -0.39 is 0 Å². The van der Waals surface area contributed by atoms with E-state index in [0.717, 1.165) is 26.2 Å². The van der Waals surface area contributed by atoms with Gasteiger partial charge < -0.3 is 10.2 Å². The van der Waals surface area contributed by atoms with E-state index in [1.54, 1.807) is 19.1 Å². The predicted octanol–water partition coefficient (Wildman–Crippen LogP) is 3.90. The molecule has 1 aliphatic rings. The lowest BCUT2D eigenvalue weighted by Crippen LogP contribution is -2.53. The summed E-state index contributed by atoms with van der Waals surface area (Å²) in [6, 6.07) is 10.9. The summed E-state index contributed by atoms with van der Waals surface area (Å²) >= 11 is 0. The topological polar surface area (TPSA) is 35.6 Å². The zero-order valence-corrected chi connectivity index (χ0v) is 16.6. The molecule has 4 nitrogen and oxygen atoms in total. The van der Waals surface area contributed by atoms with Crippen molar-refractivity contribution in [2.45, 2.75) is 33.7 Å². The fourth-order valence-corrected chi connectivity index (χ4v) is 3.51. The third kappa shape index (κ3) is 4.30. The third-order valence-corrected chi connectivity index (χ3v) is 5.60. The Morgan fingerprint density at radius 2 is 1.74 bits per heavy atom. The second-order valence-corrected chi connectivity index (χ2v) is 7.37. The van der Waals surface area contributed by atoms with Gasteiger partial charge in [-0.25, -0.2) is 4.39 Å². The number of anilines is 2. The van der Waals surface area contributed by atoms with E-state index in [1.165, 1.54) is 22.9 Å². The van der Waals surface area contributed by atoms with Crippen LogP contribution in [0.1, 0.15) is 23.6 Å². The van der Waals surface area contributed by atoms with E-state index in [0.29, 0.717) is 11.3 Å². The van der Waals surface area contributed by atoms with E-state index in [2.05, 4.69) is 47.2 Å². The number of nitrogens with one attached hydrogen (secondary N) is 1. The van der Waals surface area contributed by atoms with Crippen molar-refractivity contribution in [2.75, 3.05) is 36.4 Å². The fourth-order valence-electron chi connectivity index (χ4n) is 3.51. The van der Waals surface area contributed by atoms with Crippen LogP contribution in [0.15, 0.2) is 36.4 Å². The highest BCUT2D eigenvalue weighted by atomic mass is 19.1. The van der Waals surface area contributed by atoms with Crippen LogP contribution in [-0.4, -0.2) is 43.0 Å². The average Bonchev–Trinajstić information content (AvgIpc) is 2.66. The standard InChI is InChI=1S/C22H28FN3O/c1-15-6-5-7-21(17(15)3)26-12-10-25(11-13-26)18(4)22(27)24-19-9-8-16(2)20(23)14-19/h5-9,14,18H,10-13H2,1-4H3,(H,24,27). The molecule has 144 valence electrons. The van der Waals surface area contributed by atoms with Crippen molar-refractivity contribution in [1.29, 1.82) is 0 Å². The number of halogens is 1. The molecular formula is C22H28FN3O. The van der Waals surface area contributed by atoms with Crippen LogP contribution in [0, 0.1) is 26.6 Å². The van der Waals surface area contributed by atoms with Gasteiger partial charge in [0.1, 0.15) is 5.82 Å². The van der Waals surface area contributed by atoms with Gasteiger partial charge in [-0.1, -0.05) is 18.2 Å². The maximum Gasteiger partial charge on any atom is 0.241 e. The van der Waals surface area contributed by atoms with Crippen LogP contribution in [0.4, 0.5) is 15.8 Å². The Labute approximate surface area is 161 Å². The molecule has 1 saturated heterocycles. The van der Waals surface area contributed by atoms with Crippen LogP contribution >= 0.6 is 0 Å². The molecule has 1 fully saturated rings. The van der Waals surface area contributed by atoms with Crippen LogP contribution in [0.2, 0.25) is 0 Å². The highest BCUT2D eigenvalue weighted by Gasteiger charge is 2.26. The van der Waals surface area contributed by atoms with E-state index in [1.807, 2.05) is 6.92 Å². The molecule has 1 N–H and O–H groups in total. The summed E-state index contributed by atoms with van der Waals surface area (Å²) in [7, 11) is 0. The van der Waals surface area contributed by atoms with Crippen molar-refractivity contribution in [1.82, 2.24) is 4.90 Å². The third-order valence-electron chi connectivity index (χ3n) is 5.60. The largest absolute Gasteiger partial charge is 0.369 e. The number of nitrogens with zero attached hydrogens (tertiary/aromatic N) is 2. The zero-order chi connectivity index (χ0) is 19.6. The lowest BCUT2D eigenvalue weighted by atomic mass is 10.1. The zero-order valence-electron chi connectivity index (χ0n) is 16.6. The van der Waals surface area contributed by atoms with Gasteiger partial charge in [-0.05, 0) is 62.6 Å². The lowest BCUT2D eigenvalue weighted by Gasteiger charge is -2.39. The first-order valence-corrected chi connectivity index (χ1v) is 9.49. The molecule has 0 spiro atoms. The molecule has 1 heterocycles. The number of aryl methyl sites for hydroxylation is 2. The van der Waals surface area contributed by atoms with Crippen LogP contribution in [0.5, 0.6) is 0 Å². The Balaban J connectivity index is 1.59. The number of carbonyl (C=O) groups excluding carboxylic acids is 1. The van der Waals surface area contributed by atoms with Crippen molar-refractivity contribution in [3.8, 4) is 0 Å². The summed E-state index contributed by atoms with van der Waals surface area (Å²) in [4.78, 5) is 17.1. The van der Waals surface area contributed by atoms with Crippen LogP contribution in [-0.2, 0) is 4.79 Å². The number of rotatable bonds is 4. The Hall–Kier alpha value is -2.40. The minimum atomic E-state index is -0.303. The highest BCUT2D eigenvalue weighted by Crippen LogP contribution is 2.24. The number of carbonyl (C=O) groups is 1. The number of piperazine rings is 1. The van der Waals surface area contributed by atoms with E-state index >= 15 is 0 Å². The first-order chi connectivity index (χ1) is 12.9. The molecular weight excluding hydrogens is 341 g/mol. The molecule has 0 saturated carbocycles. The molecule has 0 radical (unpaired) electrons. The minimum Gasteiger partial charge on any atom is -0.369 e. The molecule has 0 bridgehead atoms. The summed E-state index contributed by atoms with van der Waals surface area (Å²) in [6.45, 7) is 11.3. The first-order valence-electron chi connectivity index (χ1n) is 9.49. The van der Waals surface area contributed by atoms with Crippen LogP contribution in [0.25, 0.3) is 0 Å². The highest BCUT2D eigenvalue weighted by molar-refractivity contribution is 5.94. The maximum atomic E-state index is 13.7. The summed E-state index contributed by atoms with van der Waals surface area (Å²) in [5.41, 5.74) is 4.97. The Bertz CT molecular complexity index is 828. The molecule has 2 aromatic carbocycles. The molecule has 1 unspecified atom stereocenters. The van der Waals surface area contributed by atoms with E-state index in [4.69, 9.17) is 0 Å². The normalized spacial score (nSPS) is 16.3. The Morgan fingerprint density at radius 3 is 2.41 bits per heavy atom. The number of amides is 1. The summed E-state index contributed by atoms with van der Waals surface area (Å²) < 4.78 is 13.7. The lowest BCUT2D eigenvalue weighted by molar-refractivity contribution is -0.120. The van der Waals surface area contributed by atoms with Gasteiger partial charge >= 0.3 is 0 Å². The molecule has 0 aliphatic carbocycles. The average molecular weight is 369 g/mol. The maximum absolute atomic E-state index is 13.7. The van der Waals surface area contributed by atoms with Crippen molar-refractivity contribution in [2.24, 2.45) is 0 Å². The molecule has 1 amide bonds. The van der Waals surface area contributed by atoms with E-state index in [-0.39, 0.29) is 17.8 Å². The van der Waals surface area contributed by atoms with Crippen molar-refractivity contribution < 1.29 is 9.18 Å². The quantitative estimate of drug-likeness (QED) is 0.888. The number of benzene rings is 2. The van der Waals surface area contributed by atoms with Gasteiger partial charge in [-0.2, -0.15) is 0 Å². The van der Waals surface area contributed by atoms with Gasteiger partial charge in [0.25, 0.3) is 0 Å². The summed E-state index contributed by atoms with van der Waals surface area (Å²) in [6.07, 6.45) is 0. The van der Waals surface area contributed by atoms with Crippen molar-refractivity contribution in [3.63, 3.8) is 0 Å². The van der Waals surface area contributed by atoms with Crippen molar-refractivity contribution >= 4 is 17.3 Å². The molecule has 1 aliphatic heterocycles. The molecule has 1 atom stereocenters. The van der Waals surface area contributed by atoms with Crippen LogP contribution < -0.4 is 10.2 Å². The smallest absolute Gasteiger partial charge is 0.241 e. The van der Waals surface area contributed by atoms with Gasteiger partial charge in [0, 0.05) is 37.6 Å². The fraction of sp³-hybridized carbons (Fsp3) is 0.409. The van der Waals surface area contributed by atoms with Gasteiger partial charge in [0.2, 0.25) is 5.91 Å². The number of hydrogen-bond donors (Lipinski definition) is 1. The molecule has 5 heteroatoms. The SMILES string of the molecule is Cc1ccc(NC(=O)C(C)N2CCN(c3cccc(C)c3C)CC2)cc1F.